The van der Waals surface area contributed by atoms with Crippen molar-refractivity contribution in [2.45, 2.75) is 12.8 Å². The molecule has 0 unspecified atom stereocenters. The summed E-state index contributed by atoms with van der Waals surface area (Å²) < 4.78 is 14.0. The van der Waals surface area contributed by atoms with Gasteiger partial charge in [0.1, 0.15) is 5.82 Å². The van der Waals surface area contributed by atoms with Crippen LogP contribution in [-0.2, 0) is 6.42 Å². The predicted octanol–water partition coefficient (Wildman–Crippen LogP) is 1.13. The van der Waals surface area contributed by atoms with E-state index in [1.165, 1.54) is 0 Å². The van der Waals surface area contributed by atoms with Crippen LogP contribution in [0, 0.1) is 5.82 Å². The van der Waals surface area contributed by atoms with E-state index in [2.05, 4.69) is 10.2 Å². The van der Waals surface area contributed by atoms with Gasteiger partial charge in [-0.2, -0.15) is 0 Å². The number of para-hydroxylation sites is 1. The highest BCUT2D eigenvalue weighted by Crippen LogP contribution is 2.25. The van der Waals surface area contributed by atoms with Gasteiger partial charge in [0.25, 0.3) is 0 Å². The molecule has 0 radical (unpaired) electrons. The van der Waals surface area contributed by atoms with Gasteiger partial charge in [0, 0.05) is 26.2 Å². The first kappa shape index (κ1) is 12.3. The molecule has 4 heteroatoms. The molecule has 0 aromatic heterocycles. The number of nitrogens with two attached hydrogens (primary N) is 1. The van der Waals surface area contributed by atoms with E-state index in [4.69, 9.17) is 5.73 Å². The number of anilines is 1. The Hall–Kier alpha value is -1.13. The van der Waals surface area contributed by atoms with Crippen LogP contribution >= 0.6 is 0 Å². The maximum atomic E-state index is 14.0. The Morgan fingerprint density at radius 2 is 2.06 bits per heavy atom. The number of hydrogen-bond donors (Lipinski definition) is 2. The fourth-order valence-corrected chi connectivity index (χ4v) is 2.30. The summed E-state index contributed by atoms with van der Waals surface area (Å²) in [5.74, 6) is -0.110. The highest BCUT2D eigenvalue weighted by molar-refractivity contribution is 5.55. The number of piperazine rings is 1. The molecule has 0 aliphatic carbocycles. The smallest absolute Gasteiger partial charge is 0.146 e. The number of nitrogens with zero attached hydrogens (tertiary/aromatic N) is 1. The number of rotatable bonds is 4. The normalized spacial score (nSPS) is 16.2. The average molecular weight is 237 g/mol. The van der Waals surface area contributed by atoms with Gasteiger partial charge in [0.15, 0.2) is 0 Å². The highest BCUT2D eigenvalue weighted by atomic mass is 19.1. The topological polar surface area (TPSA) is 41.3 Å². The predicted molar refractivity (Wildman–Crippen MR) is 68.9 cm³/mol. The molecule has 94 valence electrons. The van der Waals surface area contributed by atoms with Crippen molar-refractivity contribution in [3.05, 3.63) is 29.6 Å². The molecule has 0 bridgehead atoms. The molecule has 0 spiro atoms. The molecule has 3 N–H and O–H groups in total. The maximum absolute atomic E-state index is 14.0. The van der Waals surface area contributed by atoms with Crippen LogP contribution in [0.5, 0.6) is 0 Å². The molecule has 1 saturated heterocycles. The molecular formula is C13H20FN3. The van der Waals surface area contributed by atoms with Crippen LogP contribution in [0.15, 0.2) is 18.2 Å². The van der Waals surface area contributed by atoms with E-state index in [0.29, 0.717) is 6.54 Å². The Kier molecular flexibility index (Phi) is 4.34. The fourth-order valence-electron chi connectivity index (χ4n) is 2.30. The summed E-state index contributed by atoms with van der Waals surface area (Å²) in [4.78, 5) is 2.14. The van der Waals surface area contributed by atoms with E-state index in [-0.39, 0.29) is 5.82 Å². The minimum Gasteiger partial charge on any atom is -0.366 e. The Morgan fingerprint density at radius 1 is 1.29 bits per heavy atom. The lowest BCUT2D eigenvalue weighted by atomic mass is 10.1. The maximum Gasteiger partial charge on any atom is 0.146 e. The third kappa shape index (κ3) is 2.96. The molecule has 2 rings (SSSR count). The second kappa shape index (κ2) is 5.98. The van der Waals surface area contributed by atoms with Gasteiger partial charge in [-0.15, -0.1) is 0 Å². The van der Waals surface area contributed by atoms with E-state index in [0.717, 1.165) is 50.3 Å². The summed E-state index contributed by atoms with van der Waals surface area (Å²) in [6, 6.07) is 5.34. The second-order valence-electron chi connectivity index (χ2n) is 4.38. The van der Waals surface area contributed by atoms with Crippen LogP contribution in [-0.4, -0.2) is 32.7 Å². The standard InChI is InChI=1S/C13H20FN3/c14-12-5-1-3-11(4-2-6-15)13(12)17-9-7-16-8-10-17/h1,3,5,16H,2,4,6-10,15H2. The molecule has 17 heavy (non-hydrogen) atoms. The molecular weight excluding hydrogens is 217 g/mol. The lowest BCUT2D eigenvalue weighted by Crippen LogP contribution is -2.44. The van der Waals surface area contributed by atoms with Crippen LogP contribution in [0.1, 0.15) is 12.0 Å². The Balaban J connectivity index is 2.22. The first-order valence-electron chi connectivity index (χ1n) is 6.26. The number of halogens is 1. The van der Waals surface area contributed by atoms with E-state index in [1.54, 1.807) is 12.1 Å². The Morgan fingerprint density at radius 3 is 2.76 bits per heavy atom. The van der Waals surface area contributed by atoms with Crippen molar-refractivity contribution < 1.29 is 4.39 Å². The van der Waals surface area contributed by atoms with Gasteiger partial charge in [0.05, 0.1) is 5.69 Å². The SMILES string of the molecule is NCCCc1cccc(F)c1N1CCNCC1. The zero-order valence-corrected chi connectivity index (χ0v) is 10.1. The Bertz CT molecular complexity index is 362. The molecule has 0 atom stereocenters. The molecule has 1 heterocycles. The molecule has 1 aliphatic heterocycles. The quantitative estimate of drug-likeness (QED) is 0.824. The lowest BCUT2D eigenvalue weighted by molar-refractivity contribution is 0.563. The van der Waals surface area contributed by atoms with Crippen molar-refractivity contribution in [2.24, 2.45) is 5.73 Å². The van der Waals surface area contributed by atoms with E-state index in [9.17, 15) is 4.39 Å². The van der Waals surface area contributed by atoms with Crippen LogP contribution in [0.2, 0.25) is 0 Å². The first-order valence-corrected chi connectivity index (χ1v) is 6.26. The number of benzene rings is 1. The zero-order valence-electron chi connectivity index (χ0n) is 10.1. The van der Waals surface area contributed by atoms with Gasteiger partial charge in [0.2, 0.25) is 0 Å². The van der Waals surface area contributed by atoms with Crippen molar-refractivity contribution in [3.63, 3.8) is 0 Å². The third-order valence-corrected chi connectivity index (χ3v) is 3.15. The first-order chi connectivity index (χ1) is 8.33. The number of aryl methyl sites for hydroxylation is 1. The molecule has 1 aromatic rings. The van der Waals surface area contributed by atoms with Gasteiger partial charge in [-0.3, -0.25) is 0 Å². The number of hydrogen-bond acceptors (Lipinski definition) is 3. The zero-order chi connectivity index (χ0) is 12.1. The van der Waals surface area contributed by atoms with E-state index in [1.807, 2.05) is 6.07 Å². The molecule has 0 saturated carbocycles. The largest absolute Gasteiger partial charge is 0.366 e. The lowest BCUT2D eigenvalue weighted by Gasteiger charge is -2.31. The minimum absolute atomic E-state index is 0.110. The van der Waals surface area contributed by atoms with Gasteiger partial charge in [-0.1, -0.05) is 12.1 Å². The number of nitrogens with one attached hydrogen (secondary N) is 1. The summed E-state index contributed by atoms with van der Waals surface area (Å²) in [6.07, 6.45) is 1.76. The van der Waals surface area contributed by atoms with Crippen LogP contribution < -0.4 is 16.0 Å². The van der Waals surface area contributed by atoms with Crippen molar-refractivity contribution in [1.82, 2.24) is 5.32 Å². The van der Waals surface area contributed by atoms with Crippen molar-refractivity contribution >= 4 is 5.69 Å². The van der Waals surface area contributed by atoms with Crippen molar-refractivity contribution in [1.29, 1.82) is 0 Å². The molecule has 3 nitrogen and oxygen atoms in total. The van der Waals surface area contributed by atoms with Gasteiger partial charge >= 0.3 is 0 Å². The van der Waals surface area contributed by atoms with Gasteiger partial charge in [-0.05, 0) is 31.0 Å². The molecule has 1 aromatic carbocycles. The van der Waals surface area contributed by atoms with Crippen LogP contribution in [0.4, 0.5) is 10.1 Å². The fraction of sp³-hybridized carbons (Fsp3) is 0.538. The van der Waals surface area contributed by atoms with Gasteiger partial charge < -0.3 is 16.0 Å². The highest BCUT2D eigenvalue weighted by Gasteiger charge is 2.17. The summed E-state index contributed by atoms with van der Waals surface area (Å²) in [7, 11) is 0. The van der Waals surface area contributed by atoms with Crippen LogP contribution in [0.3, 0.4) is 0 Å². The summed E-state index contributed by atoms with van der Waals surface area (Å²) in [6.45, 7) is 4.24. The molecule has 1 aliphatic rings. The summed E-state index contributed by atoms with van der Waals surface area (Å²) >= 11 is 0. The summed E-state index contributed by atoms with van der Waals surface area (Å²) in [5.41, 5.74) is 7.39. The average Bonchev–Trinajstić information content (AvgIpc) is 2.37. The van der Waals surface area contributed by atoms with Crippen molar-refractivity contribution in [3.8, 4) is 0 Å². The molecule has 1 fully saturated rings. The van der Waals surface area contributed by atoms with Crippen LogP contribution in [0.25, 0.3) is 0 Å². The molecule has 0 amide bonds. The van der Waals surface area contributed by atoms with Gasteiger partial charge in [-0.25, -0.2) is 4.39 Å². The van der Waals surface area contributed by atoms with E-state index < -0.39 is 0 Å². The third-order valence-electron chi connectivity index (χ3n) is 3.15. The van der Waals surface area contributed by atoms with E-state index >= 15 is 0 Å². The minimum atomic E-state index is -0.110. The monoisotopic (exact) mass is 237 g/mol. The second-order valence-corrected chi connectivity index (χ2v) is 4.38. The Labute approximate surface area is 102 Å². The van der Waals surface area contributed by atoms with Crippen molar-refractivity contribution in [2.75, 3.05) is 37.6 Å². The summed E-state index contributed by atoms with van der Waals surface area (Å²) in [5, 5.41) is 3.28.